The van der Waals surface area contributed by atoms with Gasteiger partial charge in [-0.05, 0) is 44.7 Å². The zero-order valence-corrected chi connectivity index (χ0v) is 16.6. The van der Waals surface area contributed by atoms with E-state index in [2.05, 4.69) is 10.4 Å². The van der Waals surface area contributed by atoms with Crippen molar-refractivity contribution in [3.8, 4) is 5.75 Å². The molecule has 2 heterocycles. The molecule has 0 atom stereocenters. The second-order valence-electron chi connectivity index (χ2n) is 8.00. The maximum absolute atomic E-state index is 12.7. The minimum atomic E-state index is -0.435. The van der Waals surface area contributed by atoms with Crippen molar-refractivity contribution >= 4 is 17.6 Å². The van der Waals surface area contributed by atoms with Crippen LogP contribution in [0.5, 0.6) is 5.75 Å². The first-order chi connectivity index (χ1) is 13.4. The van der Waals surface area contributed by atoms with Crippen molar-refractivity contribution in [2.24, 2.45) is 13.0 Å². The molecule has 1 fully saturated rings. The van der Waals surface area contributed by atoms with Crippen molar-refractivity contribution in [3.63, 3.8) is 0 Å². The van der Waals surface area contributed by atoms with Gasteiger partial charge in [0, 0.05) is 31.8 Å². The molecule has 1 aromatic heterocycles. The molecular formula is C21H26N4O3. The quantitative estimate of drug-likeness (QED) is 0.867. The van der Waals surface area contributed by atoms with E-state index in [4.69, 9.17) is 4.74 Å². The Bertz CT molecular complexity index is 893. The van der Waals surface area contributed by atoms with Crippen LogP contribution in [0.4, 0.5) is 5.82 Å². The Labute approximate surface area is 164 Å². The standard InChI is InChI=1S/C21H26N4O3/c1-14-12-18(23-25(14)3)22-19(26)15-8-10-21(11-9-15)13-24(2)20(27)16-6-4-5-7-17(16)28-21/h4-7,12,15H,8-11,13H2,1-3H3,(H,22,23,26). The molecule has 0 saturated heterocycles. The van der Waals surface area contributed by atoms with Crippen molar-refractivity contribution in [1.29, 1.82) is 0 Å². The Kier molecular flexibility index (Phi) is 4.61. The van der Waals surface area contributed by atoms with Crippen LogP contribution in [0, 0.1) is 12.8 Å². The second kappa shape index (κ2) is 6.96. The summed E-state index contributed by atoms with van der Waals surface area (Å²) in [5, 5.41) is 7.23. The third-order valence-corrected chi connectivity index (χ3v) is 5.95. The van der Waals surface area contributed by atoms with Crippen LogP contribution in [0.25, 0.3) is 0 Å². The van der Waals surface area contributed by atoms with E-state index < -0.39 is 5.60 Å². The predicted octanol–water partition coefficient (Wildman–Crippen LogP) is 2.76. The normalized spacial score (nSPS) is 24.5. The number of benzene rings is 1. The first kappa shape index (κ1) is 18.5. The lowest BCUT2D eigenvalue weighted by Crippen LogP contribution is -2.49. The first-order valence-electron chi connectivity index (χ1n) is 9.72. The van der Waals surface area contributed by atoms with Crippen LogP contribution in [0.1, 0.15) is 41.7 Å². The number of carbonyl (C=O) groups excluding carboxylic acids is 2. The van der Waals surface area contributed by atoms with E-state index in [1.54, 1.807) is 15.6 Å². The zero-order chi connectivity index (χ0) is 19.9. The molecule has 1 spiro atoms. The Morgan fingerprint density at radius 1 is 1.25 bits per heavy atom. The molecule has 1 aliphatic heterocycles. The largest absolute Gasteiger partial charge is 0.485 e. The van der Waals surface area contributed by atoms with Gasteiger partial charge in [-0.15, -0.1) is 0 Å². The average Bonchev–Trinajstić information content (AvgIpc) is 2.93. The number of carbonyl (C=O) groups is 2. The molecular weight excluding hydrogens is 356 g/mol. The number of fused-ring (bicyclic) bond motifs is 1. The van der Waals surface area contributed by atoms with Gasteiger partial charge in [0.15, 0.2) is 5.82 Å². The minimum absolute atomic E-state index is 0.00593. The molecule has 7 nitrogen and oxygen atoms in total. The highest BCUT2D eigenvalue weighted by Crippen LogP contribution is 2.40. The molecule has 4 rings (SSSR count). The number of anilines is 1. The van der Waals surface area contributed by atoms with Gasteiger partial charge in [-0.2, -0.15) is 5.10 Å². The Hall–Kier alpha value is -2.83. The SMILES string of the molecule is Cc1cc(NC(=O)C2CCC3(CC2)CN(C)C(=O)c2ccccc2O3)nn1C. The van der Waals surface area contributed by atoms with Gasteiger partial charge in [0.05, 0.1) is 12.1 Å². The summed E-state index contributed by atoms with van der Waals surface area (Å²) in [7, 11) is 3.67. The number of ether oxygens (including phenoxy) is 1. The lowest BCUT2D eigenvalue weighted by Gasteiger charge is -2.40. The molecule has 0 bridgehead atoms. The number of nitrogens with zero attached hydrogens (tertiary/aromatic N) is 3. The number of rotatable bonds is 2. The summed E-state index contributed by atoms with van der Waals surface area (Å²) in [5.74, 6) is 1.15. The van der Waals surface area contributed by atoms with E-state index in [1.807, 2.05) is 45.3 Å². The molecule has 1 N–H and O–H groups in total. The van der Waals surface area contributed by atoms with Crippen LogP contribution in [0.15, 0.2) is 30.3 Å². The van der Waals surface area contributed by atoms with E-state index >= 15 is 0 Å². The summed E-state index contributed by atoms with van der Waals surface area (Å²) in [6, 6.07) is 9.27. The van der Waals surface area contributed by atoms with Gasteiger partial charge >= 0.3 is 0 Å². The highest BCUT2D eigenvalue weighted by Gasteiger charge is 2.43. The molecule has 7 heteroatoms. The smallest absolute Gasteiger partial charge is 0.257 e. The Morgan fingerprint density at radius 2 is 1.96 bits per heavy atom. The molecule has 2 aliphatic rings. The molecule has 2 aromatic rings. The summed E-state index contributed by atoms with van der Waals surface area (Å²) < 4.78 is 8.13. The summed E-state index contributed by atoms with van der Waals surface area (Å²) in [6.45, 7) is 2.49. The zero-order valence-electron chi connectivity index (χ0n) is 16.6. The highest BCUT2D eigenvalue weighted by molar-refractivity contribution is 5.97. The van der Waals surface area contributed by atoms with Crippen LogP contribution in [-0.4, -0.2) is 45.7 Å². The van der Waals surface area contributed by atoms with Gasteiger partial charge in [-0.25, -0.2) is 0 Å². The fourth-order valence-corrected chi connectivity index (χ4v) is 4.22. The molecule has 148 valence electrons. The van der Waals surface area contributed by atoms with Crippen LogP contribution >= 0.6 is 0 Å². The maximum Gasteiger partial charge on any atom is 0.257 e. The molecule has 1 aliphatic carbocycles. The van der Waals surface area contributed by atoms with Crippen molar-refractivity contribution < 1.29 is 14.3 Å². The number of para-hydroxylation sites is 1. The number of hydrogen-bond donors (Lipinski definition) is 1. The van der Waals surface area contributed by atoms with E-state index in [1.165, 1.54) is 0 Å². The van der Waals surface area contributed by atoms with Crippen LogP contribution in [-0.2, 0) is 11.8 Å². The summed E-state index contributed by atoms with van der Waals surface area (Å²) in [4.78, 5) is 27.1. The van der Waals surface area contributed by atoms with Crippen molar-refractivity contribution in [1.82, 2.24) is 14.7 Å². The summed E-state index contributed by atoms with van der Waals surface area (Å²) >= 11 is 0. The van der Waals surface area contributed by atoms with E-state index in [-0.39, 0.29) is 17.7 Å². The number of nitrogens with one attached hydrogen (secondary N) is 1. The third-order valence-electron chi connectivity index (χ3n) is 5.95. The number of aryl methyl sites for hydroxylation is 2. The van der Waals surface area contributed by atoms with Gasteiger partial charge in [0.1, 0.15) is 11.4 Å². The lowest BCUT2D eigenvalue weighted by atomic mass is 9.78. The fourth-order valence-electron chi connectivity index (χ4n) is 4.22. The van der Waals surface area contributed by atoms with Gasteiger partial charge in [0.25, 0.3) is 5.91 Å². The highest BCUT2D eigenvalue weighted by atomic mass is 16.5. The minimum Gasteiger partial charge on any atom is -0.485 e. The van der Waals surface area contributed by atoms with Crippen LogP contribution in [0.2, 0.25) is 0 Å². The van der Waals surface area contributed by atoms with Crippen molar-refractivity contribution in [2.75, 3.05) is 18.9 Å². The molecule has 2 amide bonds. The molecule has 1 saturated carbocycles. The topological polar surface area (TPSA) is 76.5 Å². The number of hydrogen-bond acceptors (Lipinski definition) is 4. The first-order valence-corrected chi connectivity index (χ1v) is 9.72. The molecule has 0 radical (unpaired) electrons. The molecule has 0 unspecified atom stereocenters. The fraction of sp³-hybridized carbons (Fsp3) is 0.476. The Balaban J connectivity index is 1.45. The van der Waals surface area contributed by atoms with E-state index in [9.17, 15) is 9.59 Å². The van der Waals surface area contributed by atoms with Gasteiger partial charge in [-0.1, -0.05) is 12.1 Å². The Morgan fingerprint density at radius 3 is 2.64 bits per heavy atom. The molecule has 1 aromatic carbocycles. The second-order valence-corrected chi connectivity index (χ2v) is 8.00. The summed E-state index contributed by atoms with van der Waals surface area (Å²) in [6.07, 6.45) is 2.92. The van der Waals surface area contributed by atoms with Crippen molar-refractivity contribution in [3.05, 3.63) is 41.6 Å². The van der Waals surface area contributed by atoms with Crippen LogP contribution in [0.3, 0.4) is 0 Å². The predicted molar refractivity (Wildman–Crippen MR) is 105 cm³/mol. The van der Waals surface area contributed by atoms with E-state index in [0.717, 1.165) is 31.4 Å². The van der Waals surface area contributed by atoms with Gasteiger partial charge in [-0.3, -0.25) is 14.3 Å². The summed E-state index contributed by atoms with van der Waals surface area (Å²) in [5.41, 5.74) is 1.17. The van der Waals surface area contributed by atoms with E-state index in [0.29, 0.717) is 23.7 Å². The monoisotopic (exact) mass is 382 g/mol. The number of amides is 2. The maximum atomic E-state index is 12.7. The average molecular weight is 382 g/mol. The lowest BCUT2D eigenvalue weighted by molar-refractivity contribution is -0.122. The van der Waals surface area contributed by atoms with Crippen LogP contribution < -0.4 is 10.1 Å². The third kappa shape index (κ3) is 3.37. The number of likely N-dealkylation sites (N-methyl/N-ethyl adjacent to an activating group) is 1. The van der Waals surface area contributed by atoms with Gasteiger partial charge < -0.3 is 15.0 Å². The van der Waals surface area contributed by atoms with Crippen molar-refractivity contribution in [2.45, 2.75) is 38.2 Å². The number of aromatic nitrogens is 2. The van der Waals surface area contributed by atoms with Gasteiger partial charge in [0.2, 0.25) is 5.91 Å². The molecule has 28 heavy (non-hydrogen) atoms.